The number of hydrogen-bond donors (Lipinski definition) is 2. The van der Waals surface area contributed by atoms with Crippen LogP contribution in [-0.4, -0.2) is 85.3 Å². The summed E-state index contributed by atoms with van der Waals surface area (Å²) in [5.41, 5.74) is 5.82. The maximum atomic E-state index is 12.9. The van der Waals surface area contributed by atoms with Crippen LogP contribution in [0.25, 0.3) is 21.3 Å². The van der Waals surface area contributed by atoms with Gasteiger partial charge in [0.25, 0.3) is 0 Å². The molecule has 4 atom stereocenters. The van der Waals surface area contributed by atoms with Crippen LogP contribution in [0.5, 0.6) is 0 Å². The van der Waals surface area contributed by atoms with E-state index >= 15 is 0 Å². The first kappa shape index (κ1) is 36.2. The second-order valence-electron chi connectivity index (χ2n) is 18.0. The molecule has 55 heavy (non-hydrogen) atoms. The zero-order chi connectivity index (χ0) is 38.3. The highest BCUT2D eigenvalue weighted by atomic mass is 32.1. The number of pyridine rings is 1. The van der Waals surface area contributed by atoms with Crippen LogP contribution in [0, 0.1) is 30.1 Å². The monoisotopic (exact) mass is 761 g/mol. The Morgan fingerprint density at radius 3 is 2.51 bits per heavy atom. The maximum absolute atomic E-state index is 12.9. The summed E-state index contributed by atoms with van der Waals surface area (Å²) in [6.45, 7) is 12.2. The number of para-hydroxylation sites is 1. The molecule has 0 saturated heterocycles. The third kappa shape index (κ3) is 6.47. The highest BCUT2D eigenvalue weighted by molar-refractivity contribution is 7.22. The van der Waals surface area contributed by atoms with Gasteiger partial charge in [-0.1, -0.05) is 37.3 Å². The molecule has 1 aliphatic heterocycles. The highest BCUT2D eigenvalue weighted by Crippen LogP contribution is 2.72. The van der Waals surface area contributed by atoms with Gasteiger partial charge in [-0.15, -0.1) is 10.2 Å². The normalized spacial score (nSPS) is 26.9. The topological polar surface area (TPSA) is 134 Å². The largest absolute Gasteiger partial charge is 0.476 e. The summed E-state index contributed by atoms with van der Waals surface area (Å²) in [7, 11) is 4.21. The number of fused-ring (bicyclic) bond motifs is 2. The summed E-state index contributed by atoms with van der Waals surface area (Å²) in [4.78, 5) is 26.6. The lowest BCUT2D eigenvalue weighted by atomic mass is 9.39. The van der Waals surface area contributed by atoms with Crippen LogP contribution < -0.4 is 10.2 Å². The second-order valence-corrected chi connectivity index (χ2v) is 19.1. The summed E-state index contributed by atoms with van der Waals surface area (Å²) in [5.74, 6) is 0.853. The molecule has 288 valence electrons. The standard InChI is InChI=1S/C42H51N9O3S/c1-26-28-10-9-15-50(36(28)48-47-35(26)46-38-44-31-11-7-8-12-32(31)55-38)33-14-13-29(34(45-33)37(52)53)30-18-43-51(27(30)2)25-41-20-39(3)19-40(4,21-41)23-42(22-39,24-41)54-17-16-49(5)6/h7-8,11-14,18H,9-10,15-17,19-25H2,1-6H3,(H,52,53)(H,44,46,47)/t39-,40+,41+,42-. The molecule has 10 rings (SSSR count). The van der Waals surface area contributed by atoms with Crippen molar-refractivity contribution in [2.45, 2.75) is 91.2 Å². The Kier molecular flexibility index (Phi) is 8.59. The van der Waals surface area contributed by atoms with Crippen molar-refractivity contribution < 1.29 is 14.6 Å². The average Bonchev–Trinajstić information content (AvgIpc) is 3.69. The number of hydrogen-bond acceptors (Lipinski definition) is 11. The Morgan fingerprint density at radius 2 is 1.76 bits per heavy atom. The molecule has 4 bridgehead atoms. The molecule has 5 aromatic rings. The van der Waals surface area contributed by atoms with Crippen molar-refractivity contribution in [2.24, 2.45) is 16.2 Å². The van der Waals surface area contributed by atoms with E-state index in [1.54, 1.807) is 11.3 Å². The lowest BCUT2D eigenvalue weighted by Gasteiger charge is -2.69. The minimum Gasteiger partial charge on any atom is -0.476 e. The molecule has 2 N–H and O–H groups in total. The predicted octanol–water partition coefficient (Wildman–Crippen LogP) is 8.19. The van der Waals surface area contributed by atoms with Crippen molar-refractivity contribution in [3.63, 3.8) is 0 Å². The van der Waals surface area contributed by atoms with Crippen molar-refractivity contribution in [3.05, 3.63) is 65.1 Å². The smallest absolute Gasteiger partial charge is 0.355 e. The third-order valence-corrected chi connectivity index (χ3v) is 13.7. The zero-order valence-corrected chi connectivity index (χ0v) is 33.6. The van der Waals surface area contributed by atoms with E-state index in [1.165, 1.54) is 19.3 Å². The lowest BCUT2D eigenvalue weighted by molar-refractivity contribution is -0.248. The average molecular weight is 762 g/mol. The van der Waals surface area contributed by atoms with Gasteiger partial charge in [0.05, 0.1) is 28.6 Å². The number of carboxylic acids is 1. The van der Waals surface area contributed by atoms with Crippen molar-refractivity contribution in [3.8, 4) is 11.1 Å². The Morgan fingerprint density at radius 1 is 0.982 bits per heavy atom. The van der Waals surface area contributed by atoms with Crippen LogP contribution in [0.4, 0.5) is 22.6 Å². The van der Waals surface area contributed by atoms with E-state index in [-0.39, 0.29) is 27.5 Å². The van der Waals surface area contributed by atoms with Crippen LogP contribution in [0.15, 0.2) is 42.6 Å². The van der Waals surface area contributed by atoms with Gasteiger partial charge in [-0.25, -0.2) is 14.8 Å². The van der Waals surface area contributed by atoms with Crippen LogP contribution in [0.3, 0.4) is 0 Å². The zero-order valence-electron chi connectivity index (χ0n) is 32.8. The fraction of sp³-hybridized carbons (Fsp3) is 0.524. The van der Waals surface area contributed by atoms with E-state index < -0.39 is 5.97 Å². The molecule has 4 aliphatic carbocycles. The van der Waals surface area contributed by atoms with Crippen molar-refractivity contribution in [1.29, 1.82) is 0 Å². The first-order chi connectivity index (χ1) is 26.2. The molecule has 0 unspecified atom stereocenters. The third-order valence-electron chi connectivity index (χ3n) is 12.7. The number of anilines is 4. The number of rotatable bonds is 11. The first-order valence-electron chi connectivity index (χ1n) is 19.6. The van der Waals surface area contributed by atoms with Gasteiger partial charge in [-0.05, 0) is 120 Å². The molecule has 0 radical (unpaired) electrons. The van der Waals surface area contributed by atoms with Crippen molar-refractivity contribution in [1.82, 2.24) is 34.8 Å². The van der Waals surface area contributed by atoms with Crippen LogP contribution in [-0.2, 0) is 17.7 Å². The Balaban J connectivity index is 0.985. The number of benzene rings is 1. The summed E-state index contributed by atoms with van der Waals surface area (Å²) < 4.78 is 10.1. The molecule has 4 saturated carbocycles. The van der Waals surface area contributed by atoms with Gasteiger partial charge in [0, 0.05) is 47.6 Å². The van der Waals surface area contributed by atoms with Gasteiger partial charge in [-0.3, -0.25) is 4.68 Å². The van der Waals surface area contributed by atoms with E-state index in [9.17, 15) is 9.90 Å². The number of nitrogens with one attached hydrogen (secondary N) is 1. The maximum Gasteiger partial charge on any atom is 0.355 e. The van der Waals surface area contributed by atoms with E-state index in [4.69, 9.17) is 19.8 Å². The highest BCUT2D eigenvalue weighted by Gasteiger charge is 2.66. The van der Waals surface area contributed by atoms with E-state index in [2.05, 4.69) is 73.0 Å². The molecule has 12 nitrogen and oxygen atoms in total. The van der Waals surface area contributed by atoms with E-state index in [0.717, 1.165) is 89.5 Å². The molecule has 4 aromatic heterocycles. The molecular weight excluding hydrogens is 711 g/mol. The quantitative estimate of drug-likeness (QED) is 0.135. The number of thiazole rings is 1. The number of aromatic nitrogens is 6. The van der Waals surface area contributed by atoms with Crippen LogP contribution in [0.2, 0.25) is 0 Å². The molecule has 5 aliphatic rings. The molecule has 5 heterocycles. The molecule has 4 fully saturated rings. The minimum atomic E-state index is -1.07. The predicted molar refractivity (Wildman–Crippen MR) is 216 cm³/mol. The fourth-order valence-electron chi connectivity index (χ4n) is 11.7. The van der Waals surface area contributed by atoms with Crippen molar-refractivity contribution >= 4 is 50.1 Å². The number of carbonyl (C=O) groups is 1. The summed E-state index contributed by atoms with van der Waals surface area (Å²) >= 11 is 1.58. The van der Waals surface area contributed by atoms with Gasteiger partial charge >= 0.3 is 5.97 Å². The summed E-state index contributed by atoms with van der Waals surface area (Å²) in [6.07, 6.45) is 10.4. The Hall–Kier alpha value is -4.46. The van der Waals surface area contributed by atoms with E-state index in [1.807, 2.05) is 41.4 Å². The number of nitrogens with zero attached hydrogens (tertiary/aromatic N) is 8. The number of likely N-dealkylation sites (N-methyl/N-ethyl adjacent to an activating group) is 1. The molecule has 0 spiro atoms. The minimum absolute atomic E-state index is 0.00847. The molecule has 1 aromatic carbocycles. The number of carboxylic acid groups (broad SMARTS) is 1. The van der Waals surface area contributed by atoms with E-state index in [0.29, 0.717) is 29.6 Å². The number of aromatic carboxylic acids is 1. The van der Waals surface area contributed by atoms with Gasteiger partial charge in [0.1, 0.15) is 5.82 Å². The van der Waals surface area contributed by atoms with Crippen LogP contribution >= 0.6 is 11.3 Å². The second kappa shape index (κ2) is 13.1. The fourth-order valence-corrected chi connectivity index (χ4v) is 12.6. The van der Waals surface area contributed by atoms with Gasteiger partial charge in [0.2, 0.25) is 0 Å². The number of ether oxygens (including phenoxy) is 1. The van der Waals surface area contributed by atoms with Gasteiger partial charge in [-0.2, -0.15) is 5.10 Å². The lowest BCUT2D eigenvalue weighted by Crippen LogP contribution is -2.64. The molecule has 13 heteroatoms. The molecule has 0 amide bonds. The molecular formula is C42H51N9O3S. The summed E-state index contributed by atoms with van der Waals surface area (Å²) in [5, 5.41) is 28.9. The Labute approximate surface area is 326 Å². The van der Waals surface area contributed by atoms with Gasteiger partial charge < -0.3 is 25.0 Å². The SMILES string of the molecule is Cc1c(Nc2nc3ccccc3s2)nnc2c1CCCN2c1ccc(-c2cnn(C[C@]34C[C@]5(C)C[C@](C)(C3)C[C@@](OCCN(C)C)(C5)C4)c2C)c(C(=O)O)n1. The summed E-state index contributed by atoms with van der Waals surface area (Å²) in [6, 6.07) is 11.8. The van der Waals surface area contributed by atoms with Crippen LogP contribution in [0.1, 0.15) is 86.1 Å². The first-order valence-corrected chi connectivity index (χ1v) is 20.4. The Bertz CT molecular complexity index is 2270. The van der Waals surface area contributed by atoms with Crippen molar-refractivity contribution in [2.75, 3.05) is 44.0 Å². The van der Waals surface area contributed by atoms with Gasteiger partial charge in [0.15, 0.2) is 22.5 Å².